The normalized spacial score (nSPS) is 31.4. The van der Waals surface area contributed by atoms with Gasteiger partial charge in [0.15, 0.2) is 0 Å². The molecule has 0 aliphatic carbocycles. The fraction of sp³-hybridized carbons (Fsp3) is 0.909. The van der Waals surface area contributed by atoms with E-state index >= 15 is 0 Å². The average Bonchev–Trinajstić information content (AvgIpc) is 2.78. The molecule has 0 aromatic rings. The first-order valence-electron chi connectivity index (χ1n) is 5.85. The van der Waals surface area contributed by atoms with Crippen molar-refractivity contribution >= 4 is 6.09 Å². The number of carbonyl (C=O) groups is 1. The van der Waals surface area contributed by atoms with Gasteiger partial charge in [-0.05, 0) is 25.3 Å². The Kier molecular flexibility index (Phi) is 3.14. The highest BCUT2D eigenvalue weighted by atomic mass is 16.6. The third-order valence-corrected chi connectivity index (χ3v) is 3.36. The molecule has 4 nitrogen and oxygen atoms in total. The minimum Gasteiger partial charge on any atom is -0.447 e. The summed E-state index contributed by atoms with van der Waals surface area (Å²) in [6.45, 7) is 6.73. The Bertz CT molecular complexity index is 237. The first-order chi connectivity index (χ1) is 7.18. The Morgan fingerprint density at radius 1 is 1.60 bits per heavy atom. The van der Waals surface area contributed by atoms with E-state index in [1.54, 1.807) is 0 Å². The van der Waals surface area contributed by atoms with Crippen LogP contribution in [0.4, 0.5) is 4.79 Å². The van der Waals surface area contributed by atoms with Crippen molar-refractivity contribution in [1.82, 2.24) is 10.2 Å². The Labute approximate surface area is 91.0 Å². The molecule has 0 spiro atoms. The Balaban J connectivity index is 1.94. The van der Waals surface area contributed by atoms with Gasteiger partial charge in [-0.25, -0.2) is 4.79 Å². The molecule has 1 amide bonds. The van der Waals surface area contributed by atoms with Crippen molar-refractivity contribution in [2.45, 2.75) is 38.8 Å². The molecule has 4 heteroatoms. The van der Waals surface area contributed by atoms with Crippen molar-refractivity contribution in [3.63, 3.8) is 0 Å². The van der Waals surface area contributed by atoms with Crippen LogP contribution in [0.3, 0.4) is 0 Å². The predicted octanol–water partition coefficient (Wildman–Crippen LogP) is 1.22. The molecular weight excluding hydrogens is 192 g/mol. The third kappa shape index (κ3) is 2.25. The first kappa shape index (κ1) is 10.7. The first-order valence-corrected chi connectivity index (χ1v) is 5.85. The molecule has 2 fully saturated rings. The van der Waals surface area contributed by atoms with Crippen LogP contribution in [0.15, 0.2) is 0 Å². The number of cyclic esters (lactones) is 1. The van der Waals surface area contributed by atoms with Gasteiger partial charge in [-0.2, -0.15) is 0 Å². The minimum atomic E-state index is -0.137. The topological polar surface area (TPSA) is 41.6 Å². The number of nitrogens with one attached hydrogen (secondary N) is 1. The number of amides is 1. The number of rotatable bonds is 3. The number of nitrogens with zero attached hydrogens (tertiary/aromatic N) is 1. The van der Waals surface area contributed by atoms with Gasteiger partial charge in [0.25, 0.3) is 0 Å². The molecule has 0 aromatic carbocycles. The van der Waals surface area contributed by atoms with Crippen LogP contribution in [0, 0.1) is 5.92 Å². The summed E-state index contributed by atoms with van der Waals surface area (Å²) in [4.78, 5) is 13.4. The van der Waals surface area contributed by atoms with Gasteiger partial charge in [0, 0.05) is 12.6 Å². The molecule has 0 aromatic heterocycles. The van der Waals surface area contributed by atoms with E-state index in [0.29, 0.717) is 18.6 Å². The van der Waals surface area contributed by atoms with Gasteiger partial charge < -0.3 is 10.1 Å². The fourth-order valence-corrected chi connectivity index (χ4v) is 2.38. The van der Waals surface area contributed by atoms with E-state index < -0.39 is 0 Å². The second-order valence-corrected chi connectivity index (χ2v) is 4.83. The number of hydrogen-bond donors (Lipinski definition) is 1. The molecule has 86 valence electrons. The van der Waals surface area contributed by atoms with Gasteiger partial charge in [-0.3, -0.25) is 4.90 Å². The van der Waals surface area contributed by atoms with Crippen LogP contribution < -0.4 is 5.32 Å². The monoisotopic (exact) mass is 212 g/mol. The second-order valence-electron chi connectivity index (χ2n) is 4.83. The molecule has 15 heavy (non-hydrogen) atoms. The van der Waals surface area contributed by atoms with E-state index in [-0.39, 0.29) is 12.1 Å². The molecule has 2 saturated heterocycles. The standard InChI is InChI=1S/C11H20N2O2/c1-8(2)10-7-15-11(14)13(10)6-9-4-3-5-12-9/h8-10,12H,3-7H2,1-2H3/t9-,10?/m0/s1. The molecule has 0 bridgehead atoms. The maximum absolute atomic E-state index is 11.6. The maximum Gasteiger partial charge on any atom is 0.410 e. The highest BCUT2D eigenvalue weighted by Gasteiger charge is 2.36. The molecule has 2 rings (SSSR count). The number of carbonyl (C=O) groups excluding carboxylic acids is 1. The van der Waals surface area contributed by atoms with Crippen LogP contribution >= 0.6 is 0 Å². The van der Waals surface area contributed by atoms with E-state index in [9.17, 15) is 4.79 Å². The molecule has 1 N–H and O–H groups in total. The maximum atomic E-state index is 11.6. The van der Waals surface area contributed by atoms with Crippen LogP contribution in [0.2, 0.25) is 0 Å². The summed E-state index contributed by atoms with van der Waals surface area (Å²) in [6.07, 6.45) is 2.26. The van der Waals surface area contributed by atoms with Crippen LogP contribution in [0.25, 0.3) is 0 Å². The van der Waals surface area contributed by atoms with E-state index in [4.69, 9.17) is 4.74 Å². The Morgan fingerprint density at radius 2 is 2.40 bits per heavy atom. The van der Waals surface area contributed by atoms with Crippen LogP contribution in [0.5, 0.6) is 0 Å². The van der Waals surface area contributed by atoms with Gasteiger partial charge in [0.05, 0.1) is 6.04 Å². The molecule has 2 heterocycles. The zero-order chi connectivity index (χ0) is 10.8. The summed E-state index contributed by atoms with van der Waals surface area (Å²) in [5.74, 6) is 0.470. The molecular formula is C11H20N2O2. The van der Waals surface area contributed by atoms with Gasteiger partial charge in [-0.1, -0.05) is 13.8 Å². The van der Waals surface area contributed by atoms with Gasteiger partial charge >= 0.3 is 6.09 Å². The molecule has 2 aliphatic heterocycles. The van der Waals surface area contributed by atoms with Gasteiger partial charge in [0.2, 0.25) is 0 Å². The highest BCUT2D eigenvalue weighted by Crippen LogP contribution is 2.21. The van der Waals surface area contributed by atoms with Crippen molar-refractivity contribution in [2.75, 3.05) is 19.7 Å². The zero-order valence-corrected chi connectivity index (χ0v) is 9.53. The molecule has 1 unspecified atom stereocenters. The summed E-state index contributed by atoms with van der Waals surface area (Å²) in [5.41, 5.74) is 0. The fourth-order valence-electron chi connectivity index (χ4n) is 2.38. The molecule has 2 aliphatic rings. The SMILES string of the molecule is CC(C)C1COC(=O)N1C[C@@H]1CCCN1. The number of ether oxygens (including phenoxy) is 1. The Morgan fingerprint density at radius 3 is 3.00 bits per heavy atom. The zero-order valence-electron chi connectivity index (χ0n) is 9.53. The van der Waals surface area contributed by atoms with Crippen molar-refractivity contribution in [1.29, 1.82) is 0 Å². The largest absolute Gasteiger partial charge is 0.447 e. The highest BCUT2D eigenvalue weighted by molar-refractivity contribution is 5.70. The quantitative estimate of drug-likeness (QED) is 0.764. The van der Waals surface area contributed by atoms with Crippen molar-refractivity contribution in [3.8, 4) is 0 Å². The van der Waals surface area contributed by atoms with Crippen LogP contribution in [0.1, 0.15) is 26.7 Å². The lowest BCUT2D eigenvalue weighted by Crippen LogP contribution is -2.44. The second kappa shape index (κ2) is 4.39. The molecule has 0 saturated carbocycles. The molecule has 0 radical (unpaired) electrons. The molecule has 2 atom stereocenters. The van der Waals surface area contributed by atoms with Crippen LogP contribution in [-0.2, 0) is 4.74 Å². The minimum absolute atomic E-state index is 0.137. The van der Waals surface area contributed by atoms with Crippen molar-refractivity contribution in [2.24, 2.45) is 5.92 Å². The van der Waals surface area contributed by atoms with E-state index in [1.165, 1.54) is 12.8 Å². The number of hydrogen-bond acceptors (Lipinski definition) is 3. The van der Waals surface area contributed by atoms with Crippen LogP contribution in [-0.4, -0.2) is 42.8 Å². The smallest absolute Gasteiger partial charge is 0.410 e. The lowest BCUT2D eigenvalue weighted by Gasteiger charge is -2.26. The summed E-state index contributed by atoms with van der Waals surface area (Å²) >= 11 is 0. The summed E-state index contributed by atoms with van der Waals surface area (Å²) in [6, 6.07) is 0.733. The summed E-state index contributed by atoms with van der Waals surface area (Å²) in [5, 5.41) is 3.41. The predicted molar refractivity (Wildman–Crippen MR) is 57.7 cm³/mol. The van der Waals surface area contributed by atoms with E-state index in [0.717, 1.165) is 13.1 Å². The van der Waals surface area contributed by atoms with Crippen molar-refractivity contribution < 1.29 is 9.53 Å². The van der Waals surface area contributed by atoms with Crippen molar-refractivity contribution in [3.05, 3.63) is 0 Å². The summed E-state index contributed by atoms with van der Waals surface area (Å²) < 4.78 is 5.11. The average molecular weight is 212 g/mol. The van der Waals surface area contributed by atoms with E-state index in [2.05, 4.69) is 19.2 Å². The summed E-state index contributed by atoms with van der Waals surface area (Å²) in [7, 11) is 0. The lowest BCUT2D eigenvalue weighted by molar-refractivity contribution is 0.153. The van der Waals surface area contributed by atoms with E-state index in [1.807, 2.05) is 4.90 Å². The van der Waals surface area contributed by atoms with Gasteiger partial charge in [0.1, 0.15) is 6.61 Å². The third-order valence-electron chi connectivity index (χ3n) is 3.36. The Hall–Kier alpha value is -0.770. The van der Waals surface area contributed by atoms with Gasteiger partial charge in [-0.15, -0.1) is 0 Å². The lowest BCUT2D eigenvalue weighted by atomic mass is 10.0.